The van der Waals surface area contributed by atoms with Gasteiger partial charge in [-0.05, 0) is 12.1 Å². The van der Waals surface area contributed by atoms with E-state index in [0.29, 0.717) is 6.26 Å². The quantitative estimate of drug-likeness (QED) is 0.825. The molecule has 0 fully saturated rings. The zero-order valence-electron chi connectivity index (χ0n) is 8.77. The average Bonchev–Trinajstić information content (AvgIpc) is 2.15. The van der Waals surface area contributed by atoms with Gasteiger partial charge in [-0.2, -0.15) is 0 Å². The third kappa shape index (κ3) is 2.83. The van der Waals surface area contributed by atoms with Gasteiger partial charge in [0.25, 0.3) is 4.58 Å². The van der Waals surface area contributed by atoms with Gasteiger partial charge in [-0.25, -0.2) is 21.6 Å². The molecule has 0 aliphatic heterocycles. The molecule has 6 nitrogen and oxygen atoms in total. The van der Waals surface area contributed by atoms with Crippen LogP contribution in [0.1, 0.15) is 0 Å². The molecule has 0 saturated carbocycles. The Kier molecular flexibility index (Phi) is 3.58. The lowest BCUT2D eigenvalue weighted by atomic mass is 10.4. The van der Waals surface area contributed by atoms with E-state index < -0.39 is 30.2 Å². The van der Waals surface area contributed by atoms with Crippen LogP contribution in [0.2, 0.25) is 0 Å². The number of hydrogen-bond acceptors (Lipinski definition) is 5. The molecular formula is C9H10O6S2. The normalized spacial score (nSPS) is 14.2. The fourth-order valence-corrected chi connectivity index (χ4v) is 4.87. The molecule has 0 aromatic heterocycles. The second-order valence-corrected chi connectivity index (χ2v) is 7.82. The van der Waals surface area contributed by atoms with Crippen molar-refractivity contribution in [2.75, 3.05) is 6.26 Å². The zero-order valence-corrected chi connectivity index (χ0v) is 10.4. The first kappa shape index (κ1) is 13.7. The van der Waals surface area contributed by atoms with Crippen molar-refractivity contribution >= 4 is 25.6 Å². The topological polar surface area (TPSA) is 106 Å². The lowest BCUT2D eigenvalue weighted by Crippen LogP contribution is -2.37. The molecule has 0 aliphatic carbocycles. The van der Waals surface area contributed by atoms with E-state index in [9.17, 15) is 21.6 Å². The first-order chi connectivity index (χ1) is 7.67. The number of hydrogen-bond donors (Lipinski definition) is 1. The highest BCUT2D eigenvalue weighted by molar-refractivity contribution is 8.09. The fourth-order valence-electron chi connectivity index (χ4n) is 1.28. The van der Waals surface area contributed by atoms with E-state index in [2.05, 4.69) is 0 Å². The summed E-state index contributed by atoms with van der Waals surface area (Å²) in [7, 11) is -8.70. The van der Waals surface area contributed by atoms with Crippen LogP contribution in [0.25, 0.3) is 0 Å². The third-order valence-electron chi connectivity index (χ3n) is 1.94. The van der Waals surface area contributed by atoms with Gasteiger partial charge in [-0.3, -0.25) is 0 Å². The second-order valence-electron chi connectivity index (χ2n) is 3.36. The molecule has 1 N–H and O–H groups in total. The molecule has 1 rings (SSSR count). The molecule has 0 amide bonds. The van der Waals surface area contributed by atoms with Crippen molar-refractivity contribution in [3.63, 3.8) is 0 Å². The molecule has 1 aromatic carbocycles. The SMILES string of the molecule is CS(=O)(=O)C(C(=O)O)S(=O)(=O)c1ccccc1. The molecule has 0 radical (unpaired) electrons. The van der Waals surface area contributed by atoms with Gasteiger partial charge in [-0.1, -0.05) is 18.2 Å². The Bertz CT molecular complexity index is 615. The van der Waals surface area contributed by atoms with Gasteiger partial charge in [0.15, 0.2) is 9.84 Å². The van der Waals surface area contributed by atoms with Crippen LogP contribution in [0, 0.1) is 0 Å². The zero-order chi connectivity index (χ0) is 13.3. The number of sulfone groups is 2. The largest absolute Gasteiger partial charge is 0.479 e. The molecule has 1 unspecified atom stereocenters. The van der Waals surface area contributed by atoms with Crippen molar-refractivity contribution in [2.24, 2.45) is 0 Å². The number of rotatable bonds is 4. The summed E-state index contributed by atoms with van der Waals surface area (Å²) in [6, 6.07) is 6.60. The van der Waals surface area contributed by atoms with Crippen molar-refractivity contribution < 1.29 is 26.7 Å². The van der Waals surface area contributed by atoms with Crippen LogP contribution in [-0.2, 0) is 24.5 Å². The molecule has 0 spiro atoms. The summed E-state index contributed by atoms with van der Waals surface area (Å²) in [6.45, 7) is 0. The first-order valence-corrected chi connectivity index (χ1v) is 7.88. The summed E-state index contributed by atoms with van der Waals surface area (Å²) in [5, 5.41) is 8.75. The predicted octanol–water partition coefficient (Wildman–Crippen LogP) is -0.0844. The van der Waals surface area contributed by atoms with E-state index >= 15 is 0 Å². The monoisotopic (exact) mass is 278 g/mol. The molecule has 94 valence electrons. The fraction of sp³-hybridized carbons (Fsp3) is 0.222. The maximum absolute atomic E-state index is 11.9. The molecule has 0 heterocycles. The number of aliphatic carboxylic acids is 1. The Labute approximate surface area is 98.7 Å². The average molecular weight is 278 g/mol. The highest BCUT2D eigenvalue weighted by atomic mass is 32.3. The lowest BCUT2D eigenvalue weighted by Gasteiger charge is -2.11. The summed E-state index contributed by atoms with van der Waals surface area (Å²) < 4.78 is 43.7. The van der Waals surface area contributed by atoms with E-state index in [1.54, 1.807) is 0 Å². The number of carboxylic acids is 1. The molecule has 17 heavy (non-hydrogen) atoms. The van der Waals surface area contributed by atoms with Gasteiger partial charge < -0.3 is 5.11 Å². The number of carbonyl (C=O) groups is 1. The Morgan fingerprint density at radius 3 is 1.94 bits per heavy atom. The van der Waals surface area contributed by atoms with E-state index in [4.69, 9.17) is 5.11 Å². The van der Waals surface area contributed by atoms with Crippen LogP contribution < -0.4 is 0 Å². The minimum Gasteiger partial charge on any atom is -0.479 e. The summed E-state index contributed by atoms with van der Waals surface area (Å²) in [6.07, 6.45) is 0.576. The van der Waals surface area contributed by atoms with Gasteiger partial charge in [-0.15, -0.1) is 0 Å². The number of carboxylic acid groups (broad SMARTS) is 1. The van der Waals surface area contributed by atoms with Crippen LogP contribution in [0.5, 0.6) is 0 Å². The van der Waals surface area contributed by atoms with Crippen molar-refractivity contribution in [3.05, 3.63) is 30.3 Å². The Morgan fingerprint density at radius 2 is 1.59 bits per heavy atom. The summed E-state index contributed by atoms with van der Waals surface area (Å²) in [4.78, 5) is 10.5. The van der Waals surface area contributed by atoms with E-state index in [1.807, 2.05) is 0 Å². The van der Waals surface area contributed by atoms with Gasteiger partial charge in [0, 0.05) is 6.26 Å². The van der Waals surface area contributed by atoms with Gasteiger partial charge in [0.05, 0.1) is 4.90 Å². The van der Waals surface area contributed by atoms with E-state index in [-0.39, 0.29) is 4.90 Å². The Hall–Kier alpha value is -1.41. The Morgan fingerprint density at radius 1 is 1.12 bits per heavy atom. The molecule has 1 aromatic rings. The second kappa shape index (κ2) is 4.46. The summed E-state index contributed by atoms with van der Waals surface area (Å²) in [5.74, 6) is -1.91. The molecule has 0 bridgehead atoms. The van der Waals surface area contributed by atoms with Crippen molar-refractivity contribution in [1.29, 1.82) is 0 Å². The van der Waals surface area contributed by atoms with Crippen LogP contribution in [0.3, 0.4) is 0 Å². The number of benzene rings is 1. The van der Waals surface area contributed by atoms with Crippen LogP contribution in [0.4, 0.5) is 0 Å². The standard InChI is InChI=1S/C9H10O6S2/c1-16(12,13)9(8(10)11)17(14,15)7-5-3-2-4-6-7/h2-6,9H,1H3,(H,10,11). The molecular weight excluding hydrogens is 268 g/mol. The van der Waals surface area contributed by atoms with Crippen LogP contribution >= 0.6 is 0 Å². The minimum absolute atomic E-state index is 0.335. The van der Waals surface area contributed by atoms with Gasteiger partial charge >= 0.3 is 5.97 Å². The molecule has 0 saturated heterocycles. The maximum Gasteiger partial charge on any atom is 0.338 e. The van der Waals surface area contributed by atoms with Crippen molar-refractivity contribution in [2.45, 2.75) is 9.48 Å². The molecule has 0 aliphatic rings. The van der Waals surface area contributed by atoms with E-state index in [1.165, 1.54) is 18.2 Å². The van der Waals surface area contributed by atoms with Crippen LogP contribution in [-0.4, -0.2) is 38.7 Å². The smallest absolute Gasteiger partial charge is 0.338 e. The first-order valence-electron chi connectivity index (χ1n) is 4.38. The van der Waals surface area contributed by atoms with Crippen molar-refractivity contribution in [3.8, 4) is 0 Å². The highest BCUT2D eigenvalue weighted by Gasteiger charge is 2.42. The highest BCUT2D eigenvalue weighted by Crippen LogP contribution is 2.19. The maximum atomic E-state index is 11.9. The molecule has 8 heteroatoms. The van der Waals surface area contributed by atoms with Gasteiger partial charge in [0.2, 0.25) is 9.84 Å². The van der Waals surface area contributed by atoms with E-state index in [0.717, 1.165) is 12.1 Å². The summed E-state index contributed by atoms with van der Waals surface area (Å²) in [5.41, 5.74) is 0. The Balaban J connectivity index is 3.46. The third-order valence-corrected chi connectivity index (χ3v) is 6.43. The lowest BCUT2D eigenvalue weighted by molar-refractivity contribution is -0.134. The minimum atomic E-state index is -4.45. The summed E-state index contributed by atoms with van der Waals surface area (Å²) >= 11 is 0. The van der Waals surface area contributed by atoms with Crippen LogP contribution in [0.15, 0.2) is 35.2 Å². The van der Waals surface area contributed by atoms with Gasteiger partial charge in [0.1, 0.15) is 0 Å². The molecule has 1 atom stereocenters. The van der Waals surface area contributed by atoms with Crippen molar-refractivity contribution in [1.82, 2.24) is 0 Å². The predicted molar refractivity (Wildman–Crippen MR) is 59.9 cm³/mol.